The van der Waals surface area contributed by atoms with E-state index in [9.17, 15) is 9.59 Å². The Hall–Kier alpha value is -1.85. The van der Waals surface area contributed by atoms with Crippen LogP contribution in [0, 0.1) is 0 Å². The highest BCUT2D eigenvalue weighted by Crippen LogP contribution is 2.24. The van der Waals surface area contributed by atoms with Crippen LogP contribution in [0.4, 0.5) is 0 Å². The molecule has 1 aliphatic carbocycles. The molecule has 1 saturated carbocycles. The molecule has 1 aliphatic rings. The lowest BCUT2D eigenvalue weighted by atomic mass is 9.95. The highest BCUT2D eigenvalue weighted by molar-refractivity contribution is 7.11. The predicted octanol–water partition coefficient (Wildman–Crippen LogP) is 4.75. The number of rotatable bonds is 5. The van der Waals surface area contributed by atoms with Crippen LogP contribution in [0.3, 0.4) is 0 Å². The van der Waals surface area contributed by atoms with Crippen molar-refractivity contribution in [1.29, 1.82) is 0 Å². The Kier molecular flexibility index (Phi) is 6.10. The average molecular weight is 378 g/mol. The van der Waals surface area contributed by atoms with Crippen LogP contribution in [0.1, 0.15) is 53.4 Å². The van der Waals surface area contributed by atoms with Gasteiger partial charge in [-0.3, -0.25) is 4.79 Å². The van der Waals surface area contributed by atoms with Crippen LogP contribution in [0.5, 0.6) is 0 Å². The van der Waals surface area contributed by atoms with Crippen molar-refractivity contribution in [2.45, 2.75) is 44.2 Å². The first-order chi connectivity index (χ1) is 12.1. The van der Waals surface area contributed by atoms with E-state index in [1.54, 1.807) is 41.8 Å². The van der Waals surface area contributed by atoms with Crippen molar-refractivity contribution in [2.75, 3.05) is 0 Å². The number of ether oxygens (including phenoxy) is 1. The van der Waals surface area contributed by atoms with E-state index in [4.69, 9.17) is 16.3 Å². The van der Waals surface area contributed by atoms with Crippen LogP contribution in [-0.4, -0.2) is 17.9 Å². The first kappa shape index (κ1) is 18.0. The summed E-state index contributed by atoms with van der Waals surface area (Å²) in [6.07, 6.45) is 4.40. The fraction of sp³-hybridized carbons (Fsp3) is 0.368. The standard InChI is InChI=1S/C19H20ClNO3S/c20-14-10-8-13(9-11-14)17(24-19(23)16-7-4-12-25-16)18(22)21-15-5-2-1-3-6-15/h4,7-12,15,17H,1-3,5-6H2,(H,21,22)/t17-/m0/s1. The van der Waals surface area contributed by atoms with Crippen LogP contribution in [-0.2, 0) is 9.53 Å². The first-order valence-electron chi connectivity index (χ1n) is 8.44. The Morgan fingerprint density at radius 2 is 1.84 bits per heavy atom. The zero-order chi connectivity index (χ0) is 17.6. The first-order valence-corrected chi connectivity index (χ1v) is 9.69. The summed E-state index contributed by atoms with van der Waals surface area (Å²) < 4.78 is 5.54. The van der Waals surface area contributed by atoms with E-state index in [1.807, 2.05) is 0 Å². The number of carbonyl (C=O) groups excluding carboxylic acids is 2. The molecule has 1 fully saturated rings. The maximum Gasteiger partial charge on any atom is 0.349 e. The number of benzene rings is 1. The Labute approximate surface area is 156 Å². The fourth-order valence-electron chi connectivity index (χ4n) is 2.99. The van der Waals surface area contributed by atoms with Gasteiger partial charge in [0.15, 0.2) is 0 Å². The third-order valence-corrected chi connectivity index (χ3v) is 5.41. The number of nitrogens with one attached hydrogen (secondary N) is 1. The molecule has 0 bridgehead atoms. The minimum atomic E-state index is -0.978. The Morgan fingerprint density at radius 1 is 1.12 bits per heavy atom. The van der Waals surface area contributed by atoms with Gasteiger partial charge in [-0.25, -0.2) is 4.79 Å². The molecule has 1 atom stereocenters. The molecule has 1 heterocycles. The van der Waals surface area contributed by atoms with Crippen molar-refractivity contribution >= 4 is 34.8 Å². The van der Waals surface area contributed by atoms with E-state index in [1.165, 1.54) is 17.8 Å². The van der Waals surface area contributed by atoms with Crippen molar-refractivity contribution in [3.05, 3.63) is 57.2 Å². The smallest absolute Gasteiger partial charge is 0.349 e. The predicted molar refractivity (Wildman–Crippen MR) is 98.9 cm³/mol. The molecule has 4 nitrogen and oxygen atoms in total. The zero-order valence-electron chi connectivity index (χ0n) is 13.7. The highest BCUT2D eigenvalue weighted by Gasteiger charge is 2.28. The van der Waals surface area contributed by atoms with Crippen LogP contribution in [0.25, 0.3) is 0 Å². The summed E-state index contributed by atoms with van der Waals surface area (Å²) >= 11 is 7.22. The van der Waals surface area contributed by atoms with Crippen molar-refractivity contribution in [1.82, 2.24) is 5.32 Å². The maximum absolute atomic E-state index is 12.8. The van der Waals surface area contributed by atoms with Gasteiger partial charge >= 0.3 is 5.97 Å². The quantitative estimate of drug-likeness (QED) is 0.765. The fourth-order valence-corrected chi connectivity index (χ4v) is 3.73. The number of thiophene rings is 1. The number of esters is 1. The largest absolute Gasteiger partial charge is 0.443 e. The third-order valence-electron chi connectivity index (χ3n) is 4.31. The van der Waals surface area contributed by atoms with Gasteiger partial charge in [0.1, 0.15) is 4.88 Å². The summed E-state index contributed by atoms with van der Waals surface area (Å²) in [6, 6.07) is 10.4. The van der Waals surface area contributed by atoms with Gasteiger partial charge in [0.25, 0.3) is 5.91 Å². The van der Waals surface area contributed by atoms with Gasteiger partial charge < -0.3 is 10.1 Å². The number of halogens is 1. The molecule has 1 aromatic carbocycles. The lowest BCUT2D eigenvalue weighted by Crippen LogP contribution is -2.40. The van der Waals surface area contributed by atoms with Crippen LogP contribution in [0.15, 0.2) is 41.8 Å². The molecule has 132 valence electrons. The van der Waals surface area contributed by atoms with Gasteiger partial charge in [0.2, 0.25) is 6.10 Å². The lowest BCUT2D eigenvalue weighted by Gasteiger charge is -2.25. The van der Waals surface area contributed by atoms with Crippen molar-refractivity contribution in [3.8, 4) is 0 Å². The van der Waals surface area contributed by atoms with Gasteiger partial charge in [-0.15, -0.1) is 11.3 Å². The minimum absolute atomic E-state index is 0.150. The Balaban J connectivity index is 1.76. The van der Waals surface area contributed by atoms with Crippen molar-refractivity contribution < 1.29 is 14.3 Å². The van der Waals surface area contributed by atoms with Gasteiger partial charge in [0.05, 0.1) is 0 Å². The minimum Gasteiger partial charge on any atom is -0.443 e. The maximum atomic E-state index is 12.8. The summed E-state index contributed by atoms with van der Waals surface area (Å²) in [5.41, 5.74) is 0.614. The second-order valence-electron chi connectivity index (χ2n) is 6.16. The second-order valence-corrected chi connectivity index (χ2v) is 7.54. The molecule has 1 N–H and O–H groups in total. The normalized spacial score (nSPS) is 16.2. The van der Waals surface area contributed by atoms with Gasteiger partial charge in [-0.2, -0.15) is 0 Å². The molecule has 0 saturated heterocycles. The molecule has 0 unspecified atom stereocenters. The topological polar surface area (TPSA) is 55.4 Å². The molecule has 25 heavy (non-hydrogen) atoms. The molecule has 0 spiro atoms. The van der Waals surface area contributed by atoms with E-state index in [0.717, 1.165) is 25.7 Å². The van der Waals surface area contributed by atoms with Crippen molar-refractivity contribution in [2.24, 2.45) is 0 Å². The molecule has 0 radical (unpaired) electrons. The molecular formula is C19H20ClNO3S. The van der Waals surface area contributed by atoms with Gasteiger partial charge in [0, 0.05) is 16.6 Å². The summed E-state index contributed by atoms with van der Waals surface area (Å²) in [5.74, 6) is -0.770. The van der Waals surface area contributed by atoms with Gasteiger partial charge in [-0.1, -0.05) is 49.1 Å². The summed E-state index contributed by atoms with van der Waals surface area (Å²) in [5, 5.41) is 5.41. The highest BCUT2D eigenvalue weighted by atomic mass is 35.5. The SMILES string of the molecule is O=C(O[C@H](C(=O)NC1CCCCC1)c1ccc(Cl)cc1)c1cccs1. The van der Waals surface area contributed by atoms with Crippen LogP contribution < -0.4 is 5.32 Å². The Morgan fingerprint density at radius 3 is 2.48 bits per heavy atom. The summed E-state index contributed by atoms with van der Waals surface area (Å²) in [4.78, 5) is 25.6. The number of amides is 1. The summed E-state index contributed by atoms with van der Waals surface area (Å²) in [6.45, 7) is 0. The van der Waals surface area contributed by atoms with Crippen LogP contribution >= 0.6 is 22.9 Å². The van der Waals surface area contributed by atoms with E-state index in [-0.39, 0.29) is 11.9 Å². The lowest BCUT2D eigenvalue weighted by molar-refractivity contribution is -0.131. The molecule has 6 heteroatoms. The molecule has 1 amide bonds. The summed E-state index contributed by atoms with van der Waals surface area (Å²) in [7, 11) is 0. The van der Waals surface area contributed by atoms with E-state index < -0.39 is 12.1 Å². The van der Waals surface area contributed by atoms with Gasteiger partial charge in [-0.05, 0) is 36.4 Å². The molecule has 2 aromatic rings. The Bertz CT molecular complexity index is 709. The van der Waals surface area contributed by atoms with E-state index >= 15 is 0 Å². The molecule has 1 aromatic heterocycles. The molecule has 0 aliphatic heterocycles. The third kappa shape index (κ3) is 4.83. The van der Waals surface area contributed by atoms with E-state index in [2.05, 4.69) is 5.32 Å². The van der Waals surface area contributed by atoms with E-state index in [0.29, 0.717) is 15.5 Å². The second kappa shape index (κ2) is 8.50. The monoisotopic (exact) mass is 377 g/mol. The average Bonchev–Trinajstić information content (AvgIpc) is 3.16. The zero-order valence-corrected chi connectivity index (χ0v) is 15.3. The molecule has 3 rings (SSSR count). The van der Waals surface area contributed by atoms with Crippen molar-refractivity contribution in [3.63, 3.8) is 0 Å². The number of carbonyl (C=O) groups is 2. The number of hydrogen-bond donors (Lipinski definition) is 1. The molecular weight excluding hydrogens is 358 g/mol. The van der Waals surface area contributed by atoms with Crippen LogP contribution in [0.2, 0.25) is 5.02 Å². The number of hydrogen-bond acceptors (Lipinski definition) is 4.